The standard InChI is InChI=1S/C20H32N10O8/c21-10(2-1-3-26-20(23)24)16(34)28-11(5-14(22)31)17(35)29-12(6-15(32)33)18(36)30-13(19(37)38)4-9-7-25-8-27-9/h7-8,10-13H,1-6,21H2,(H2,22,31)(H,25,27)(H,28,34)(H,29,35)(H,30,36)(H,32,33)(H,37,38)(H4,23,24,26). The van der Waals surface area contributed by atoms with Crippen molar-refractivity contribution >= 4 is 41.5 Å². The fraction of sp³-hybridized carbons (Fsp3) is 0.500. The molecule has 210 valence electrons. The Morgan fingerprint density at radius 3 is 2.00 bits per heavy atom. The summed E-state index contributed by atoms with van der Waals surface area (Å²) in [6.45, 7) is 0.193. The molecule has 18 heteroatoms. The van der Waals surface area contributed by atoms with Crippen molar-refractivity contribution in [2.75, 3.05) is 6.54 Å². The third-order valence-corrected chi connectivity index (χ3v) is 4.95. The summed E-state index contributed by atoms with van der Waals surface area (Å²) in [6.07, 6.45) is 1.23. The third kappa shape index (κ3) is 11.8. The van der Waals surface area contributed by atoms with E-state index in [0.29, 0.717) is 12.1 Å². The number of carbonyl (C=O) groups is 6. The van der Waals surface area contributed by atoms with Crippen LogP contribution >= 0.6 is 0 Å². The number of hydrogen-bond acceptors (Lipinski definition) is 9. The zero-order valence-corrected chi connectivity index (χ0v) is 20.3. The van der Waals surface area contributed by atoms with Gasteiger partial charge in [-0.2, -0.15) is 0 Å². The van der Waals surface area contributed by atoms with Crippen LogP contribution in [0.2, 0.25) is 0 Å². The summed E-state index contributed by atoms with van der Waals surface area (Å²) in [5.41, 5.74) is 21.7. The Bertz CT molecular complexity index is 1030. The fourth-order valence-corrected chi connectivity index (χ4v) is 3.08. The van der Waals surface area contributed by atoms with Crippen LogP contribution in [0.3, 0.4) is 0 Å². The molecule has 4 amide bonds. The molecule has 0 fully saturated rings. The van der Waals surface area contributed by atoms with Crippen molar-refractivity contribution in [3.8, 4) is 0 Å². The molecule has 4 unspecified atom stereocenters. The van der Waals surface area contributed by atoms with Gasteiger partial charge in [-0.15, -0.1) is 0 Å². The number of nitrogens with two attached hydrogens (primary N) is 4. The van der Waals surface area contributed by atoms with Crippen molar-refractivity contribution < 1.29 is 39.0 Å². The van der Waals surface area contributed by atoms with Crippen LogP contribution in [0.1, 0.15) is 31.4 Å². The van der Waals surface area contributed by atoms with Gasteiger partial charge in [0.1, 0.15) is 18.1 Å². The number of carboxylic acids is 2. The quantitative estimate of drug-likeness (QED) is 0.0505. The normalized spacial score (nSPS) is 13.7. The average molecular weight is 541 g/mol. The number of hydrogen-bond donors (Lipinski definition) is 10. The lowest BCUT2D eigenvalue weighted by Gasteiger charge is -2.24. The second-order valence-electron chi connectivity index (χ2n) is 8.13. The number of nitrogens with one attached hydrogen (secondary N) is 4. The highest BCUT2D eigenvalue weighted by Crippen LogP contribution is 2.04. The smallest absolute Gasteiger partial charge is 0.326 e. The van der Waals surface area contributed by atoms with Gasteiger partial charge in [0.05, 0.1) is 25.2 Å². The van der Waals surface area contributed by atoms with E-state index in [0.717, 1.165) is 0 Å². The van der Waals surface area contributed by atoms with Crippen molar-refractivity contribution in [2.24, 2.45) is 27.9 Å². The molecule has 0 aliphatic carbocycles. The Hall–Kier alpha value is -4.74. The number of carbonyl (C=O) groups excluding carboxylic acids is 4. The van der Waals surface area contributed by atoms with E-state index in [-0.39, 0.29) is 25.3 Å². The maximum absolute atomic E-state index is 12.8. The molecule has 14 N–H and O–H groups in total. The molecular weight excluding hydrogens is 508 g/mol. The molecule has 0 aliphatic heterocycles. The van der Waals surface area contributed by atoms with Gasteiger partial charge in [-0.05, 0) is 12.8 Å². The number of primary amides is 1. The molecule has 1 aromatic rings. The minimum Gasteiger partial charge on any atom is -0.481 e. The van der Waals surface area contributed by atoms with Gasteiger partial charge in [0.15, 0.2) is 5.96 Å². The van der Waals surface area contributed by atoms with Crippen molar-refractivity contribution in [2.45, 2.75) is 56.3 Å². The van der Waals surface area contributed by atoms with Crippen molar-refractivity contribution in [1.82, 2.24) is 25.9 Å². The SMILES string of the molecule is NC(=O)CC(NC(=O)C(N)CCCN=C(N)N)C(=O)NC(CC(=O)O)C(=O)NC(Cc1cnc[nH]1)C(=O)O. The van der Waals surface area contributed by atoms with Gasteiger partial charge >= 0.3 is 11.9 Å². The molecule has 38 heavy (non-hydrogen) atoms. The number of guanidine groups is 1. The van der Waals surface area contributed by atoms with E-state index in [1.54, 1.807) is 0 Å². The number of aromatic amines is 1. The molecule has 0 bridgehead atoms. The number of aliphatic imine (C=N–C) groups is 1. The Kier molecular flexibility index (Phi) is 12.7. The second kappa shape index (κ2) is 15.4. The molecule has 4 atom stereocenters. The zero-order valence-electron chi connectivity index (χ0n) is 20.3. The molecule has 0 spiro atoms. The summed E-state index contributed by atoms with van der Waals surface area (Å²) in [6, 6.07) is -5.98. The number of aromatic nitrogens is 2. The van der Waals surface area contributed by atoms with Gasteiger partial charge in [-0.3, -0.25) is 29.0 Å². The van der Waals surface area contributed by atoms with Gasteiger partial charge < -0.3 is 54.1 Å². The van der Waals surface area contributed by atoms with Crippen LogP contribution < -0.4 is 38.9 Å². The number of imidazole rings is 1. The van der Waals surface area contributed by atoms with E-state index < -0.39 is 72.6 Å². The van der Waals surface area contributed by atoms with E-state index in [1.165, 1.54) is 12.5 Å². The predicted octanol–water partition coefficient (Wildman–Crippen LogP) is -4.78. The lowest BCUT2D eigenvalue weighted by Crippen LogP contribution is -2.58. The van der Waals surface area contributed by atoms with E-state index in [2.05, 4.69) is 30.9 Å². The summed E-state index contributed by atoms with van der Waals surface area (Å²) in [5.74, 6) is -7.14. The Morgan fingerprint density at radius 1 is 0.921 bits per heavy atom. The van der Waals surface area contributed by atoms with Crippen LogP contribution in [0.25, 0.3) is 0 Å². The van der Waals surface area contributed by atoms with E-state index in [9.17, 15) is 39.0 Å². The van der Waals surface area contributed by atoms with Crippen LogP contribution in [-0.4, -0.2) is 92.4 Å². The van der Waals surface area contributed by atoms with E-state index in [4.69, 9.17) is 22.9 Å². The van der Waals surface area contributed by atoms with Crippen LogP contribution in [-0.2, 0) is 35.2 Å². The minimum absolute atomic E-state index is 0.116. The maximum Gasteiger partial charge on any atom is 0.326 e. The summed E-state index contributed by atoms with van der Waals surface area (Å²) in [5, 5.41) is 25.1. The predicted molar refractivity (Wildman–Crippen MR) is 130 cm³/mol. The number of rotatable bonds is 17. The second-order valence-corrected chi connectivity index (χ2v) is 8.13. The number of nitrogens with zero attached hydrogens (tertiary/aromatic N) is 2. The largest absolute Gasteiger partial charge is 0.481 e. The molecule has 1 rings (SSSR count). The highest BCUT2D eigenvalue weighted by atomic mass is 16.4. The molecule has 0 saturated heterocycles. The molecular formula is C20H32N10O8. The van der Waals surface area contributed by atoms with E-state index in [1.807, 2.05) is 0 Å². The highest BCUT2D eigenvalue weighted by Gasteiger charge is 2.32. The first-order chi connectivity index (χ1) is 17.8. The zero-order chi connectivity index (χ0) is 28.8. The van der Waals surface area contributed by atoms with Crippen LogP contribution in [0.15, 0.2) is 17.5 Å². The summed E-state index contributed by atoms with van der Waals surface area (Å²) in [4.78, 5) is 82.5. The van der Waals surface area contributed by atoms with Gasteiger partial charge in [-0.25, -0.2) is 9.78 Å². The van der Waals surface area contributed by atoms with Crippen molar-refractivity contribution in [3.05, 3.63) is 18.2 Å². The maximum atomic E-state index is 12.8. The topological polar surface area (TPSA) is 324 Å². The molecule has 1 heterocycles. The van der Waals surface area contributed by atoms with Crippen LogP contribution in [0.4, 0.5) is 0 Å². The monoisotopic (exact) mass is 540 g/mol. The summed E-state index contributed by atoms with van der Waals surface area (Å²) >= 11 is 0. The minimum atomic E-state index is -1.76. The molecule has 0 radical (unpaired) electrons. The van der Waals surface area contributed by atoms with E-state index >= 15 is 0 Å². The van der Waals surface area contributed by atoms with Gasteiger partial charge in [0.25, 0.3) is 0 Å². The molecule has 18 nitrogen and oxygen atoms in total. The molecule has 0 aromatic carbocycles. The first kappa shape index (κ1) is 31.3. The molecule has 0 saturated carbocycles. The number of carboxylic acid groups (broad SMARTS) is 2. The van der Waals surface area contributed by atoms with Gasteiger partial charge in [0.2, 0.25) is 23.6 Å². The summed E-state index contributed by atoms with van der Waals surface area (Å²) in [7, 11) is 0. The van der Waals surface area contributed by atoms with Gasteiger partial charge in [-0.1, -0.05) is 0 Å². The molecule has 0 aliphatic rings. The lowest BCUT2D eigenvalue weighted by atomic mass is 10.1. The Balaban J connectivity index is 2.93. The average Bonchev–Trinajstić information content (AvgIpc) is 3.32. The highest BCUT2D eigenvalue weighted by molar-refractivity contribution is 5.97. The Labute approximate surface area is 216 Å². The third-order valence-electron chi connectivity index (χ3n) is 4.95. The first-order valence-corrected chi connectivity index (χ1v) is 11.2. The van der Waals surface area contributed by atoms with Crippen LogP contribution in [0.5, 0.6) is 0 Å². The van der Waals surface area contributed by atoms with Gasteiger partial charge in [0, 0.05) is 24.9 Å². The summed E-state index contributed by atoms with van der Waals surface area (Å²) < 4.78 is 0. The van der Waals surface area contributed by atoms with Crippen molar-refractivity contribution in [1.29, 1.82) is 0 Å². The van der Waals surface area contributed by atoms with Crippen molar-refractivity contribution in [3.63, 3.8) is 0 Å². The number of amides is 4. The lowest BCUT2D eigenvalue weighted by molar-refractivity contribution is -0.143. The number of H-pyrrole nitrogens is 1. The fourth-order valence-electron chi connectivity index (χ4n) is 3.08. The van der Waals surface area contributed by atoms with Crippen LogP contribution in [0, 0.1) is 0 Å². The first-order valence-electron chi connectivity index (χ1n) is 11.2. The Morgan fingerprint density at radius 2 is 1.50 bits per heavy atom. The number of aliphatic carboxylic acids is 2. The molecule has 1 aromatic heterocycles.